The summed E-state index contributed by atoms with van der Waals surface area (Å²) in [5.41, 5.74) is 0. The molecule has 1 heterocycles. The Morgan fingerprint density at radius 2 is 2.00 bits per heavy atom. The number of nitrogens with zero attached hydrogens (tertiary/aromatic N) is 1. The van der Waals surface area contributed by atoms with Gasteiger partial charge in [0.25, 0.3) is 0 Å². The first-order valence-electron chi connectivity index (χ1n) is 7.34. The van der Waals surface area contributed by atoms with Crippen LogP contribution in [0.4, 0.5) is 0 Å². The van der Waals surface area contributed by atoms with Crippen LogP contribution < -0.4 is 5.32 Å². The van der Waals surface area contributed by atoms with Crippen molar-refractivity contribution in [2.45, 2.75) is 26.7 Å². The lowest BCUT2D eigenvalue weighted by molar-refractivity contribution is 0.0648. The number of aliphatic hydroxyl groups excluding tert-OH is 1. The molecule has 1 aliphatic rings. The Bertz CT molecular complexity index is 192. The Morgan fingerprint density at radius 1 is 1.28 bits per heavy atom. The van der Waals surface area contributed by atoms with Crippen LogP contribution in [0.15, 0.2) is 0 Å². The standard InChI is InChI=1S/C14H30N2O2/c1-13(2)11-15-12-14-3-5-16(6-4-14)7-9-18-10-8-17/h13-15,17H,3-12H2,1-2H3. The van der Waals surface area contributed by atoms with E-state index in [1.54, 1.807) is 0 Å². The number of aliphatic hydroxyl groups is 1. The van der Waals surface area contributed by atoms with Gasteiger partial charge in [0.15, 0.2) is 0 Å². The number of nitrogens with one attached hydrogen (secondary N) is 1. The molecule has 108 valence electrons. The van der Waals surface area contributed by atoms with E-state index in [-0.39, 0.29) is 6.61 Å². The van der Waals surface area contributed by atoms with Crippen molar-refractivity contribution in [3.05, 3.63) is 0 Å². The molecule has 2 N–H and O–H groups in total. The number of hydrogen-bond donors (Lipinski definition) is 2. The molecule has 1 fully saturated rings. The zero-order valence-electron chi connectivity index (χ0n) is 12.0. The van der Waals surface area contributed by atoms with E-state index in [9.17, 15) is 0 Å². The quantitative estimate of drug-likeness (QED) is 0.605. The highest BCUT2D eigenvalue weighted by atomic mass is 16.5. The van der Waals surface area contributed by atoms with Crippen molar-refractivity contribution in [3.8, 4) is 0 Å². The fraction of sp³-hybridized carbons (Fsp3) is 1.00. The molecular formula is C14H30N2O2. The second-order valence-electron chi connectivity index (χ2n) is 5.67. The zero-order chi connectivity index (χ0) is 13.2. The van der Waals surface area contributed by atoms with Crippen molar-refractivity contribution >= 4 is 0 Å². The molecule has 0 amide bonds. The second kappa shape index (κ2) is 9.73. The van der Waals surface area contributed by atoms with E-state index in [1.165, 1.54) is 32.5 Å². The Labute approximate surface area is 112 Å². The van der Waals surface area contributed by atoms with Crippen molar-refractivity contribution < 1.29 is 9.84 Å². The average molecular weight is 258 g/mol. The highest BCUT2D eigenvalue weighted by Gasteiger charge is 2.18. The minimum Gasteiger partial charge on any atom is -0.394 e. The largest absolute Gasteiger partial charge is 0.394 e. The molecule has 0 unspecified atom stereocenters. The molecule has 0 spiro atoms. The topological polar surface area (TPSA) is 44.7 Å². The van der Waals surface area contributed by atoms with E-state index >= 15 is 0 Å². The van der Waals surface area contributed by atoms with Gasteiger partial charge in [-0.2, -0.15) is 0 Å². The van der Waals surface area contributed by atoms with Gasteiger partial charge in [-0.05, 0) is 50.9 Å². The molecule has 1 rings (SSSR count). The summed E-state index contributed by atoms with van der Waals surface area (Å²) in [6.45, 7) is 11.5. The van der Waals surface area contributed by atoms with Crippen LogP contribution in [-0.2, 0) is 4.74 Å². The van der Waals surface area contributed by atoms with Crippen LogP contribution in [0.1, 0.15) is 26.7 Å². The van der Waals surface area contributed by atoms with Crippen LogP contribution in [0, 0.1) is 11.8 Å². The predicted octanol–water partition coefficient (Wildman–Crippen LogP) is 0.953. The summed E-state index contributed by atoms with van der Waals surface area (Å²) in [6, 6.07) is 0. The van der Waals surface area contributed by atoms with Crippen LogP contribution in [0.3, 0.4) is 0 Å². The fourth-order valence-electron chi connectivity index (χ4n) is 2.35. The van der Waals surface area contributed by atoms with Gasteiger partial charge in [-0.3, -0.25) is 0 Å². The molecule has 0 aromatic carbocycles. The van der Waals surface area contributed by atoms with Crippen molar-refractivity contribution in [1.82, 2.24) is 10.2 Å². The number of likely N-dealkylation sites (tertiary alicyclic amines) is 1. The van der Waals surface area contributed by atoms with E-state index < -0.39 is 0 Å². The highest BCUT2D eigenvalue weighted by molar-refractivity contribution is 4.73. The second-order valence-corrected chi connectivity index (χ2v) is 5.67. The van der Waals surface area contributed by atoms with Crippen LogP contribution in [-0.4, -0.2) is 62.6 Å². The number of ether oxygens (including phenoxy) is 1. The van der Waals surface area contributed by atoms with Gasteiger partial charge < -0.3 is 20.1 Å². The van der Waals surface area contributed by atoms with Crippen LogP contribution in [0.2, 0.25) is 0 Å². The van der Waals surface area contributed by atoms with Crippen molar-refractivity contribution in [2.75, 3.05) is 52.5 Å². The van der Waals surface area contributed by atoms with E-state index in [4.69, 9.17) is 9.84 Å². The Morgan fingerprint density at radius 3 is 2.61 bits per heavy atom. The minimum absolute atomic E-state index is 0.129. The zero-order valence-corrected chi connectivity index (χ0v) is 12.0. The van der Waals surface area contributed by atoms with E-state index in [0.717, 1.165) is 31.5 Å². The van der Waals surface area contributed by atoms with Crippen LogP contribution >= 0.6 is 0 Å². The lowest BCUT2D eigenvalue weighted by atomic mass is 9.96. The van der Waals surface area contributed by atoms with E-state index in [0.29, 0.717) is 6.61 Å². The van der Waals surface area contributed by atoms with Gasteiger partial charge in [-0.1, -0.05) is 13.8 Å². The van der Waals surface area contributed by atoms with Gasteiger partial charge in [0.2, 0.25) is 0 Å². The first-order valence-corrected chi connectivity index (χ1v) is 7.34. The predicted molar refractivity (Wildman–Crippen MR) is 74.8 cm³/mol. The van der Waals surface area contributed by atoms with Gasteiger partial charge in [-0.25, -0.2) is 0 Å². The number of rotatable bonds is 9. The first kappa shape index (κ1) is 15.9. The first-order chi connectivity index (χ1) is 8.72. The summed E-state index contributed by atoms with van der Waals surface area (Å²) in [6.07, 6.45) is 2.59. The smallest absolute Gasteiger partial charge is 0.0698 e. The Kier molecular flexibility index (Phi) is 8.59. The molecule has 0 radical (unpaired) electrons. The molecule has 0 aliphatic carbocycles. The molecule has 0 aromatic heterocycles. The molecule has 1 saturated heterocycles. The molecule has 1 aliphatic heterocycles. The summed E-state index contributed by atoms with van der Waals surface area (Å²) < 4.78 is 5.30. The van der Waals surface area contributed by atoms with Crippen molar-refractivity contribution in [2.24, 2.45) is 11.8 Å². The molecule has 18 heavy (non-hydrogen) atoms. The number of hydrogen-bond acceptors (Lipinski definition) is 4. The maximum Gasteiger partial charge on any atom is 0.0698 e. The minimum atomic E-state index is 0.129. The van der Waals surface area contributed by atoms with Crippen LogP contribution in [0.5, 0.6) is 0 Å². The third kappa shape index (κ3) is 7.31. The lowest BCUT2D eigenvalue weighted by Gasteiger charge is -2.32. The van der Waals surface area contributed by atoms with Crippen molar-refractivity contribution in [3.63, 3.8) is 0 Å². The van der Waals surface area contributed by atoms with E-state index in [1.807, 2.05) is 0 Å². The van der Waals surface area contributed by atoms with Crippen LogP contribution in [0.25, 0.3) is 0 Å². The van der Waals surface area contributed by atoms with Gasteiger partial charge in [0.05, 0.1) is 19.8 Å². The monoisotopic (exact) mass is 258 g/mol. The fourth-order valence-corrected chi connectivity index (χ4v) is 2.35. The summed E-state index contributed by atoms with van der Waals surface area (Å²) in [7, 11) is 0. The van der Waals surface area contributed by atoms with Gasteiger partial charge in [-0.15, -0.1) is 0 Å². The molecular weight excluding hydrogens is 228 g/mol. The van der Waals surface area contributed by atoms with Gasteiger partial charge >= 0.3 is 0 Å². The average Bonchev–Trinajstić information content (AvgIpc) is 2.36. The molecule has 0 aromatic rings. The summed E-state index contributed by atoms with van der Waals surface area (Å²) in [5, 5.41) is 12.2. The summed E-state index contributed by atoms with van der Waals surface area (Å²) >= 11 is 0. The van der Waals surface area contributed by atoms with Crippen molar-refractivity contribution in [1.29, 1.82) is 0 Å². The maximum absolute atomic E-state index is 8.61. The molecule has 4 nitrogen and oxygen atoms in total. The molecule has 0 bridgehead atoms. The third-order valence-electron chi connectivity index (χ3n) is 3.48. The summed E-state index contributed by atoms with van der Waals surface area (Å²) in [5.74, 6) is 1.59. The van der Waals surface area contributed by atoms with Gasteiger partial charge in [0, 0.05) is 6.54 Å². The molecule has 0 saturated carbocycles. The SMILES string of the molecule is CC(C)CNCC1CCN(CCOCCO)CC1. The molecule has 0 atom stereocenters. The Balaban J connectivity index is 1.98. The normalized spacial score (nSPS) is 18.7. The lowest BCUT2D eigenvalue weighted by Crippen LogP contribution is -2.39. The number of piperidine rings is 1. The molecule has 4 heteroatoms. The third-order valence-corrected chi connectivity index (χ3v) is 3.48. The summed E-state index contributed by atoms with van der Waals surface area (Å²) in [4.78, 5) is 2.47. The van der Waals surface area contributed by atoms with Gasteiger partial charge in [0.1, 0.15) is 0 Å². The highest BCUT2D eigenvalue weighted by Crippen LogP contribution is 2.16. The Hall–Kier alpha value is -0.160. The van der Waals surface area contributed by atoms with E-state index in [2.05, 4.69) is 24.1 Å². The maximum atomic E-state index is 8.61.